The Bertz CT molecular complexity index is 609. The average molecular weight is 308 g/mol. The molecule has 0 saturated heterocycles. The lowest BCUT2D eigenvalue weighted by molar-refractivity contribution is 0.0763. The zero-order valence-electron chi connectivity index (χ0n) is 12.3. The first kappa shape index (κ1) is 15.0. The van der Waals surface area contributed by atoms with Gasteiger partial charge < -0.3 is 9.15 Å². The SMILES string of the molecule is COc1ccc(-c2cnc(CN(CC(F)F)C3CC3)o2)cc1. The van der Waals surface area contributed by atoms with E-state index >= 15 is 0 Å². The fourth-order valence-electron chi connectivity index (χ4n) is 2.41. The smallest absolute Gasteiger partial charge is 0.251 e. The standard InChI is InChI=1S/C16H18F2N2O2/c1-21-13-6-2-11(3-7-13)14-8-19-16(22-14)10-20(9-15(17)18)12-4-5-12/h2-3,6-8,12,15H,4-5,9-10H2,1H3. The van der Waals surface area contributed by atoms with Crippen molar-refractivity contribution in [3.05, 3.63) is 36.4 Å². The predicted molar refractivity (Wildman–Crippen MR) is 77.9 cm³/mol. The van der Waals surface area contributed by atoms with E-state index in [2.05, 4.69) is 4.98 Å². The van der Waals surface area contributed by atoms with Crippen molar-refractivity contribution in [2.45, 2.75) is 31.9 Å². The molecule has 1 fully saturated rings. The van der Waals surface area contributed by atoms with Gasteiger partial charge in [-0.2, -0.15) is 0 Å². The number of nitrogens with zero attached hydrogens (tertiary/aromatic N) is 2. The molecule has 1 saturated carbocycles. The molecular formula is C16H18F2N2O2. The second kappa shape index (κ2) is 6.44. The van der Waals surface area contributed by atoms with E-state index in [0.29, 0.717) is 18.2 Å². The topological polar surface area (TPSA) is 38.5 Å². The summed E-state index contributed by atoms with van der Waals surface area (Å²) < 4.78 is 36.0. The van der Waals surface area contributed by atoms with Gasteiger partial charge in [-0.05, 0) is 37.1 Å². The van der Waals surface area contributed by atoms with Gasteiger partial charge in [-0.15, -0.1) is 0 Å². The minimum absolute atomic E-state index is 0.231. The van der Waals surface area contributed by atoms with Crippen LogP contribution in [0.4, 0.5) is 8.78 Å². The first-order valence-corrected chi connectivity index (χ1v) is 7.27. The number of ether oxygens (including phenoxy) is 1. The van der Waals surface area contributed by atoms with Gasteiger partial charge in [-0.25, -0.2) is 13.8 Å². The highest BCUT2D eigenvalue weighted by molar-refractivity contribution is 5.57. The molecular weight excluding hydrogens is 290 g/mol. The molecule has 0 amide bonds. The second-order valence-corrected chi connectivity index (χ2v) is 5.40. The van der Waals surface area contributed by atoms with E-state index in [-0.39, 0.29) is 12.6 Å². The van der Waals surface area contributed by atoms with E-state index in [9.17, 15) is 8.78 Å². The third kappa shape index (κ3) is 3.62. The van der Waals surface area contributed by atoms with Crippen LogP contribution in [-0.2, 0) is 6.54 Å². The molecule has 1 aromatic heterocycles. The van der Waals surface area contributed by atoms with Gasteiger partial charge in [0.25, 0.3) is 6.43 Å². The van der Waals surface area contributed by atoms with Gasteiger partial charge in [0.15, 0.2) is 5.76 Å². The maximum absolute atomic E-state index is 12.6. The third-order valence-corrected chi connectivity index (χ3v) is 3.70. The second-order valence-electron chi connectivity index (χ2n) is 5.40. The van der Waals surface area contributed by atoms with Crippen molar-refractivity contribution in [3.63, 3.8) is 0 Å². The molecule has 3 rings (SSSR count). The summed E-state index contributed by atoms with van der Waals surface area (Å²) in [7, 11) is 1.61. The minimum Gasteiger partial charge on any atom is -0.497 e. The van der Waals surface area contributed by atoms with Crippen molar-refractivity contribution in [1.82, 2.24) is 9.88 Å². The fourth-order valence-corrected chi connectivity index (χ4v) is 2.41. The average Bonchev–Trinajstić information content (AvgIpc) is 3.26. The lowest BCUT2D eigenvalue weighted by Crippen LogP contribution is -2.30. The highest BCUT2D eigenvalue weighted by Gasteiger charge is 2.31. The summed E-state index contributed by atoms with van der Waals surface area (Å²) in [5.74, 6) is 1.86. The normalized spacial score (nSPS) is 14.8. The Morgan fingerprint density at radius 3 is 2.64 bits per heavy atom. The van der Waals surface area contributed by atoms with Crippen molar-refractivity contribution >= 4 is 0 Å². The van der Waals surface area contributed by atoms with Crippen molar-refractivity contribution in [3.8, 4) is 17.1 Å². The number of rotatable bonds is 7. The van der Waals surface area contributed by atoms with Crippen LogP contribution in [0, 0.1) is 0 Å². The van der Waals surface area contributed by atoms with Crippen molar-refractivity contribution in [2.75, 3.05) is 13.7 Å². The van der Waals surface area contributed by atoms with E-state index in [1.165, 1.54) is 0 Å². The summed E-state index contributed by atoms with van der Waals surface area (Å²) in [6.45, 7) is 0.0933. The van der Waals surface area contributed by atoms with Crippen LogP contribution in [0.2, 0.25) is 0 Å². The van der Waals surface area contributed by atoms with Gasteiger partial charge in [-0.3, -0.25) is 4.90 Å². The maximum Gasteiger partial charge on any atom is 0.251 e. The Kier molecular flexibility index (Phi) is 4.38. The van der Waals surface area contributed by atoms with Crippen molar-refractivity contribution in [2.24, 2.45) is 0 Å². The number of methoxy groups -OCH3 is 1. The highest BCUT2D eigenvalue weighted by Crippen LogP contribution is 2.30. The van der Waals surface area contributed by atoms with Gasteiger partial charge in [-0.1, -0.05) is 0 Å². The molecule has 0 radical (unpaired) electrons. The number of aromatic nitrogens is 1. The number of oxazole rings is 1. The van der Waals surface area contributed by atoms with Crippen molar-refractivity contribution < 1.29 is 17.9 Å². The largest absolute Gasteiger partial charge is 0.497 e. The summed E-state index contributed by atoms with van der Waals surface area (Å²) in [6.07, 6.45) is 1.24. The van der Waals surface area contributed by atoms with Crippen LogP contribution in [-0.4, -0.2) is 36.0 Å². The van der Waals surface area contributed by atoms with E-state index < -0.39 is 6.43 Å². The minimum atomic E-state index is -2.34. The molecule has 6 heteroatoms. The summed E-state index contributed by atoms with van der Waals surface area (Å²) in [4.78, 5) is 5.95. The molecule has 22 heavy (non-hydrogen) atoms. The lowest BCUT2D eigenvalue weighted by Gasteiger charge is -2.19. The van der Waals surface area contributed by atoms with Crippen LogP contribution < -0.4 is 4.74 Å². The number of benzene rings is 1. The molecule has 1 aromatic carbocycles. The Morgan fingerprint density at radius 2 is 2.05 bits per heavy atom. The molecule has 1 aliphatic carbocycles. The molecule has 2 aromatic rings. The van der Waals surface area contributed by atoms with Crippen LogP contribution in [0.25, 0.3) is 11.3 Å². The number of alkyl halides is 2. The molecule has 4 nitrogen and oxygen atoms in total. The van der Waals surface area contributed by atoms with Gasteiger partial charge >= 0.3 is 0 Å². The summed E-state index contributed by atoms with van der Waals surface area (Å²) in [5.41, 5.74) is 0.881. The predicted octanol–water partition coefficient (Wildman–Crippen LogP) is 3.58. The van der Waals surface area contributed by atoms with Crippen LogP contribution in [0.1, 0.15) is 18.7 Å². The zero-order chi connectivity index (χ0) is 15.5. The maximum atomic E-state index is 12.6. The summed E-state index contributed by atoms with van der Waals surface area (Å²) in [5, 5.41) is 0. The molecule has 0 N–H and O–H groups in total. The number of hydrogen-bond acceptors (Lipinski definition) is 4. The van der Waals surface area contributed by atoms with Gasteiger partial charge in [0.2, 0.25) is 5.89 Å². The van der Waals surface area contributed by atoms with Crippen LogP contribution in [0.3, 0.4) is 0 Å². The zero-order valence-corrected chi connectivity index (χ0v) is 12.3. The Morgan fingerprint density at radius 1 is 1.32 bits per heavy atom. The molecule has 0 bridgehead atoms. The first-order valence-electron chi connectivity index (χ1n) is 7.27. The molecule has 0 unspecified atom stereocenters. The molecule has 0 atom stereocenters. The van der Waals surface area contributed by atoms with Crippen LogP contribution >= 0.6 is 0 Å². The molecule has 118 valence electrons. The van der Waals surface area contributed by atoms with Crippen LogP contribution in [0.15, 0.2) is 34.9 Å². The van der Waals surface area contributed by atoms with Gasteiger partial charge in [0, 0.05) is 11.6 Å². The fraction of sp³-hybridized carbons (Fsp3) is 0.438. The van der Waals surface area contributed by atoms with Crippen LogP contribution in [0.5, 0.6) is 5.75 Å². The van der Waals surface area contributed by atoms with Gasteiger partial charge in [0.1, 0.15) is 5.75 Å². The van der Waals surface area contributed by atoms with E-state index in [1.807, 2.05) is 24.3 Å². The number of hydrogen-bond donors (Lipinski definition) is 0. The van der Waals surface area contributed by atoms with E-state index in [0.717, 1.165) is 24.2 Å². The highest BCUT2D eigenvalue weighted by atomic mass is 19.3. The number of halogens is 2. The third-order valence-electron chi connectivity index (χ3n) is 3.70. The molecule has 1 aliphatic rings. The molecule has 1 heterocycles. The van der Waals surface area contributed by atoms with E-state index in [1.54, 1.807) is 18.2 Å². The van der Waals surface area contributed by atoms with E-state index in [4.69, 9.17) is 9.15 Å². The van der Waals surface area contributed by atoms with Crippen molar-refractivity contribution in [1.29, 1.82) is 0 Å². The summed E-state index contributed by atoms with van der Waals surface area (Å²) >= 11 is 0. The molecule has 0 aliphatic heterocycles. The Hall–Kier alpha value is -1.95. The first-order chi connectivity index (χ1) is 10.7. The lowest BCUT2D eigenvalue weighted by atomic mass is 10.2. The summed E-state index contributed by atoms with van der Waals surface area (Å²) in [6, 6.07) is 7.67. The molecule has 0 spiro atoms. The monoisotopic (exact) mass is 308 g/mol. The van der Waals surface area contributed by atoms with Gasteiger partial charge in [0.05, 0.1) is 26.4 Å². The Labute approximate surface area is 127 Å². The Balaban J connectivity index is 1.69. The quantitative estimate of drug-likeness (QED) is 0.783.